The zero-order valence-corrected chi connectivity index (χ0v) is 10.0. The Bertz CT molecular complexity index is 380. The lowest BCUT2D eigenvalue weighted by Crippen LogP contribution is -2.49. The molecule has 0 spiro atoms. The van der Waals surface area contributed by atoms with E-state index in [1.54, 1.807) is 11.8 Å². The highest BCUT2D eigenvalue weighted by atomic mass is 16.2. The maximum atomic E-state index is 11.8. The number of nitrogens with two attached hydrogens (primary N) is 1. The minimum absolute atomic E-state index is 0.118. The first-order valence-electron chi connectivity index (χ1n) is 5.79. The summed E-state index contributed by atoms with van der Waals surface area (Å²) >= 11 is 0. The van der Waals surface area contributed by atoms with Crippen LogP contribution >= 0.6 is 0 Å². The summed E-state index contributed by atoms with van der Waals surface area (Å²) in [5.41, 5.74) is 5.54. The third-order valence-corrected chi connectivity index (χ3v) is 3.61. The number of likely N-dealkylation sites (tertiary alicyclic amines) is 2. The number of nitrogens with zero attached hydrogens (tertiary/aromatic N) is 2. The fourth-order valence-corrected chi connectivity index (χ4v) is 2.59. The van der Waals surface area contributed by atoms with E-state index in [0.29, 0.717) is 19.5 Å². The van der Waals surface area contributed by atoms with Crippen LogP contribution in [0.3, 0.4) is 0 Å². The van der Waals surface area contributed by atoms with Gasteiger partial charge in [-0.3, -0.25) is 19.3 Å². The summed E-state index contributed by atoms with van der Waals surface area (Å²) in [5, 5.41) is 0. The molecule has 2 N–H and O–H groups in total. The maximum absolute atomic E-state index is 11.8. The van der Waals surface area contributed by atoms with E-state index in [1.807, 2.05) is 0 Å². The van der Waals surface area contributed by atoms with Gasteiger partial charge in [-0.1, -0.05) is 0 Å². The van der Waals surface area contributed by atoms with Gasteiger partial charge in [0.15, 0.2) is 0 Å². The Labute approximate surface area is 99.7 Å². The topological polar surface area (TPSA) is 83.7 Å². The number of amides is 3. The Hall–Kier alpha value is -1.43. The zero-order chi connectivity index (χ0) is 12.7. The molecular weight excluding hydrogens is 222 g/mol. The van der Waals surface area contributed by atoms with Crippen molar-refractivity contribution >= 4 is 17.7 Å². The maximum Gasteiger partial charge on any atom is 0.239 e. The van der Waals surface area contributed by atoms with Gasteiger partial charge in [0.05, 0.1) is 17.9 Å². The smallest absolute Gasteiger partial charge is 0.239 e. The zero-order valence-electron chi connectivity index (χ0n) is 10.0. The van der Waals surface area contributed by atoms with Crippen molar-refractivity contribution in [2.45, 2.75) is 19.4 Å². The Morgan fingerprint density at radius 2 is 1.94 bits per heavy atom. The van der Waals surface area contributed by atoms with Crippen molar-refractivity contribution in [1.29, 1.82) is 0 Å². The summed E-state index contributed by atoms with van der Waals surface area (Å²) in [7, 11) is 1.50. The van der Waals surface area contributed by atoms with E-state index in [4.69, 9.17) is 5.73 Å². The molecule has 0 radical (unpaired) electrons. The van der Waals surface area contributed by atoms with Gasteiger partial charge in [-0.05, 0) is 13.3 Å². The van der Waals surface area contributed by atoms with Crippen LogP contribution in [0.15, 0.2) is 0 Å². The predicted molar refractivity (Wildman–Crippen MR) is 59.6 cm³/mol. The molecule has 2 saturated heterocycles. The molecule has 0 aromatic heterocycles. The highest BCUT2D eigenvalue weighted by Crippen LogP contribution is 2.32. The van der Waals surface area contributed by atoms with E-state index in [1.165, 1.54) is 11.9 Å². The average molecular weight is 239 g/mol. The van der Waals surface area contributed by atoms with Crippen molar-refractivity contribution in [3.63, 3.8) is 0 Å². The van der Waals surface area contributed by atoms with Crippen LogP contribution in [0.2, 0.25) is 0 Å². The molecule has 0 saturated carbocycles. The third-order valence-electron chi connectivity index (χ3n) is 3.61. The van der Waals surface area contributed by atoms with Gasteiger partial charge in [0.25, 0.3) is 0 Å². The number of fused-ring (bicyclic) bond motifs is 1. The SMILES string of the molecule is C[C@H](N)C(=O)N1CC[C@@H]2C(=O)N(C)C(=O)[C@H]2C1. The second kappa shape index (κ2) is 4.10. The molecular formula is C11H17N3O3. The molecule has 94 valence electrons. The standard InChI is InChI=1S/C11H17N3O3/c1-6(12)9(15)14-4-3-7-8(5-14)11(17)13(2)10(7)16/h6-8H,3-5,12H2,1-2H3/t6-,7-,8-/m0/s1. The van der Waals surface area contributed by atoms with Crippen molar-refractivity contribution < 1.29 is 14.4 Å². The van der Waals surface area contributed by atoms with Crippen molar-refractivity contribution in [3.8, 4) is 0 Å². The Kier molecular flexibility index (Phi) is 2.91. The Morgan fingerprint density at radius 1 is 1.35 bits per heavy atom. The van der Waals surface area contributed by atoms with E-state index in [-0.39, 0.29) is 29.6 Å². The molecule has 2 rings (SSSR count). The molecule has 17 heavy (non-hydrogen) atoms. The molecule has 2 fully saturated rings. The fourth-order valence-electron chi connectivity index (χ4n) is 2.59. The molecule has 2 heterocycles. The molecule has 6 heteroatoms. The van der Waals surface area contributed by atoms with Crippen molar-refractivity contribution in [2.24, 2.45) is 17.6 Å². The van der Waals surface area contributed by atoms with Crippen LogP contribution in [0.1, 0.15) is 13.3 Å². The first kappa shape index (κ1) is 12.0. The number of hydrogen-bond donors (Lipinski definition) is 1. The lowest BCUT2D eigenvalue weighted by atomic mass is 9.87. The van der Waals surface area contributed by atoms with Crippen molar-refractivity contribution in [2.75, 3.05) is 20.1 Å². The van der Waals surface area contributed by atoms with Gasteiger partial charge >= 0.3 is 0 Å². The average Bonchev–Trinajstić information content (AvgIpc) is 2.53. The highest BCUT2D eigenvalue weighted by Gasteiger charge is 2.49. The molecule has 0 aliphatic carbocycles. The van der Waals surface area contributed by atoms with Gasteiger partial charge in [0.2, 0.25) is 17.7 Å². The van der Waals surface area contributed by atoms with E-state index in [0.717, 1.165) is 0 Å². The number of rotatable bonds is 1. The molecule has 2 aliphatic heterocycles. The monoisotopic (exact) mass is 239 g/mol. The van der Waals surface area contributed by atoms with Gasteiger partial charge in [-0.15, -0.1) is 0 Å². The van der Waals surface area contributed by atoms with Crippen LogP contribution in [-0.2, 0) is 14.4 Å². The number of carbonyl (C=O) groups excluding carboxylic acids is 3. The van der Waals surface area contributed by atoms with Gasteiger partial charge in [0, 0.05) is 20.1 Å². The predicted octanol–water partition coefficient (Wildman–Crippen LogP) is -1.20. The summed E-state index contributed by atoms with van der Waals surface area (Å²) in [6.07, 6.45) is 0.554. The van der Waals surface area contributed by atoms with E-state index >= 15 is 0 Å². The Morgan fingerprint density at radius 3 is 2.53 bits per heavy atom. The molecule has 0 aromatic carbocycles. The van der Waals surface area contributed by atoms with E-state index in [2.05, 4.69) is 0 Å². The molecule has 0 bridgehead atoms. The minimum Gasteiger partial charge on any atom is -0.341 e. The molecule has 2 aliphatic rings. The van der Waals surface area contributed by atoms with Crippen LogP contribution in [0.4, 0.5) is 0 Å². The van der Waals surface area contributed by atoms with Crippen molar-refractivity contribution in [1.82, 2.24) is 9.80 Å². The van der Waals surface area contributed by atoms with Gasteiger partial charge in [-0.2, -0.15) is 0 Å². The lowest BCUT2D eigenvalue weighted by molar-refractivity contribution is -0.138. The molecule has 0 aromatic rings. The molecule has 0 unspecified atom stereocenters. The van der Waals surface area contributed by atoms with Crippen LogP contribution in [0.25, 0.3) is 0 Å². The first-order valence-corrected chi connectivity index (χ1v) is 5.79. The molecule has 3 amide bonds. The summed E-state index contributed by atoms with van der Waals surface area (Å²) < 4.78 is 0. The largest absolute Gasteiger partial charge is 0.341 e. The molecule has 6 nitrogen and oxygen atoms in total. The number of carbonyl (C=O) groups is 3. The van der Waals surface area contributed by atoms with E-state index in [9.17, 15) is 14.4 Å². The second-order valence-electron chi connectivity index (χ2n) is 4.81. The van der Waals surface area contributed by atoms with Crippen LogP contribution < -0.4 is 5.73 Å². The van der Waals surface area contributed by atoms with Gasteiger partial charge < -0.3 is 10.6 Å². The summed E-state index contributed by atoms with van der Waals surface area (Å²) in [5.74, 6) is -1.07. The Balaban J connectivity index is 2.12. The fraction of sp³-hybridized carbons (Fsp3) is 0.727. The molecule has 3 atom stereocenters. The van der Waals surface area contributed by atoms with Gasteiger partial charge in [0.1, 0.15) is 0 Å². The number of imide groups is 1. The summed E-state index contributed by atoms with van der Waals surface area (Å²) in [6, 6.07) is -0.559. The summed E-state index contributed by atoms with van der Waals surface area (Å²) in [4.78, 5) is 38.1. The highest BCUT2D eigenvalue weighted by molar-refractivity contribution is 6.05. The number of hydrogen-bond acceptors (Lipinski definition) is 4. The van der Waals surface area contributed by atoms with Crippen LogP contribution in [-0.4, -0.2) is 53.7 Å². The normalized spacial score (nSPS) is 30.5. The second-order valence-corrected chi connectivity index (χ2v) is 4.81. The van der Waals surface area contributed by atoms with Crippen molar-refractivity contribution in [3.05, 3.63) is 0 Å². The lowest BCUT2D eigenvalue weighted by Gasteiger charge is -2.33. The quantitative estimate of drug-likeness (QED) is 0.582. The van der Waals surface area contributed by atoms with Crippen LogP contribution in [0.5, 0.6) is 0 Å². The van der Waals surface area contributed by atoms with E-state index < -0.39 is 6.04 Å². The first-order chi connectivity index (χ1) is 7.93. The van der Waals surface area contributed by atoms with Gasteiger partial charge in [-0.25, -0.2) is 0 Å². The number of piperidine rings is 1. The van der Waals surface area contributed by atoms with Crippen LogP contribution in [0, 0.1) is 11.8 Å². The third kappa shape index (κ3) is 1.82. The minimum atomic E-state index is -0.559. The summed E-state index contributed by atoms with van der Waals surface area (Å²) in [6.45, 7) is 2.45.